The third kappa shape index (κ3) is 8.32. The molecule has 0 N–H and O–H groups in total. The van der Waals surface area contributed by atoms with Crippen LogP contribution in [0, 0.1) is 5.92 Å². The van der Waals surface area contributed by atoms with Gasteiger partial charge in [0.05, 0.1) is 31.9 Å². The van der Waals surface area contributed by atoms with E-state index in [2.05, 4.69) is 4.90 Å². The average molecular weight is 551 g/mol. The standard InChI is InChI=1S/C28H43ClN4O5/c1-21(2)26-28(36)30(3)11-5-6-12-33(25(34)20-32-14-17-37-18-15-32)13-7-8-16-38-24-10-9-22(29)19-23(24)27(35)31(26)4/h9-10,19,21,26H,5-8,11-18,20H2,1-4H3/t26-/m0/s1. The SMILES string of the molecule is CC(C)[C@H]1C(=O)N(C)CCCCN(C(=O)CN2CCOCC2)CCCCOc2ccc(Cl)cc2C(=O)N1C. The molecular weight excluding hydrogens is 508 g/mol. The molecule has 3 amide bonds. The topological polar surface area (TPSA) is 82.6 Å². The summed E-state index contributed by atoms with van der Waals surface area (Å²) >= 11 is 6.24. The summed E-state index contributed by atoms with van der Waals surface area (Å²) in [5, 5.41) is 0.430. The van der Waals surface area contributed by atoms with Gasteiger partial charge in [-0.15, -0.1) is 0 Å². The average Bonchev–Trinajstić information content (AvgIpc) is 2.89. The molecule has 1 atom stereocenters. The van der Waals surface area contributed by atoms with Gasteiger partial charge in [-0.3, -0.25) is 19.3 Å². The fourth-order valence-corrected chi connectivity index (χ4v) is 5.17. The molecule has 38 heavy (non-hydrogen) atoms. The molecule has 0 unspecified atom stereocenters. The van der Waals surface area contributed by atoms with E-state index in [1.807, 2.05) is 18.7 Å². The summed E-state index contributed by atoms with van der Waals surface area (Å²) in [6.45, 7) is 9.41. The number of likely N-dealkylation sites (N-methyl/N-ethyl adjacent to an activating group) is 2. The predicted octanol–water partition coefficient (Wildman–Crippen LogP) is 3.01. The van der Waals surface area contributed by atoms with Crippen LogP contribution in [0.2, 0.25) is 5.02 Å². The number of rotatable bonds is 3. The zero-order valence-electron chi connectivity index (χ0n) is 23.3. The quantitative estimate of drug-likeness (QED) is 0.575. The van der Waals surface area contributed by atoms with E-state index in [4.69, 9.17) is 21.1 Å². The molecule has 2 aliphatic heterocycles. The molecule has 1 aromatic rings. The summed E-state index contributed by atoms with van der Waals surface area (Å²) in [6, 6.07) is 4.37. The van der Waals surface area contributed by atoms with Crippen molar-refractivity contribution < 1.29 is 23.9 Å². The molecule has 0 saturated carbocycles. The summed E-state index contributed by atoms with van der Waals surface area (Å²) in [5.41, 5.74) is 0.340. The van der Waals surface area contributed by atoms with Crippen LogP contribution in [0.5, 0.6) is 5.75 Å². The van der Waals surface area contributed by atoms with Crippen LogP contribution in [0.3, 0.4) is 0 Å². The van der Waals surface area contributed by atoms with Gasteiger partial charge in [0.2, 0.25) is 11.8 Å². The van der Waals surface area contributed by atoms with Crippen LogP contribution in [0.4, 0.5) is 0 Å². The summed E-state index contributed by atoms with van der Waals surface area (Å²) in [4.78, 5) is 47.4. The Balaban J connectivity index is 1.78. The fraction of sp³-hybridized carbons (Fsp3) is 0.679. The van der Waals surface area contributed by atoms with Crippen LogP contribution < -0.4 is 4.74 Å². The lowest BCUT2D eigenvalue weighted by Gasteiger charge is -2.34. The molecule has 0 radical (unpaired) electrons. The van der Waals surface area contributed by atoms with E-state index in [-0.39, 0.29) is 23.6 Å². The predicted molar refractivity (Wildman–Crippen MR) is 148 cm³/mol. The van der Waals surface area contributed by atoms with Crippen LogP contribution in [-0.4, -0.2) is 117 Å². The van der Waals surface area contributed by atoms with E-state index in [1.165, 1.54) is 4.90 Å². The zero-order valence-corrected chi connectivity index (χ0v) is 24.0. The molecule has 2 aliphatic rings. The van der Waals surface area contributed by atoms with Crippen molar-refractivity contribution in [3.05, 3.63) is 28.8 Å². The van der Waals surface area contributed by atoms with E-state index in [1.54, 1.807) is 37.2 Å². The smallest absolute Gasteiger partial charge is 0.258 e. The lowest BCUT2D eigenvalue weighted by molar-refractivity contribution is -0.136. The van der Waals surface area contributed by atoms with E-state index in [0.717, 1.165) is 38.8 Å². The van der Waals surface area contributed by atoms with Crippen LogP contribution in [-0.2, 0) is 14.3 Å². The number of nitrogens with zero attached hydrogens (tertiary/aromatic N) is 4. The Hall–Kier alpha value is -2.36. The highest BCUT2D eigenvalue weighted by atomic mass is 35.5. The molecule has 0 bridgehead atoms. The monoisotopic (exact) mass is 550 g/mol. The van der Waals surface area contributed by atoms with Gasteiger partial charge in [0.15, 0.2) is 0 Å². The van der Waals surface area contributed by atoms with Gasteiger partial charge in [-0.2, -0.15) is 0 Å². The van der Waals surface area contributed by atoms with Gasteiger partial charge in [-0.05, 0) is 49.8 Å². The molecular formula is C28H43ClN4O5. The number of benzene rings is 1. The number of ether oxygens (including phenoxy) is 2. The van der Waals surface area contributed by atoms with Crippen molar-refractivity contribution in [2.75, 3.05) is 73.2 Å². The maximum Gasteiger partial charge on any atom is 0.258 e. The van der Waals surface area contributed by atoms with Crippen molar-refractivity contribution in [1.29, 1.82) is 0 Å². The van der Waals surface area contributed by atoms with Crippen LogP contribution in [0.15, 0.2) is 18.2 Å². The van der Waals surface area contributed by atoms with Crippen LogP contribution in [0.1, 0.15) is 49.9 Å². The number of carbonyl (C=O) groups excluding carboxylic acids is 3. The first-order chi connectivity index (χ1) is 18.2. The number of hydrogen-bond acceptors (Lipinski definition) is 6. The van der Waals surface area contributed by atoms with E-state index >= 15 is 0 Å². The number of fused-ring (bicyclic) bond motifs is 1. The molecule has 1 saturated heterocycles. The van der Waals surface area contributed by atoms with E-state index in [0.29, 0.717) is 62.3 Å². The number of carbonyl (C=O) groups is 3. The highest BCUT2D eigenvalue weighted by molar-refractivity contribution is 6.31. The maximum absolute atomic E-state index is 13.5. The van der Waals surface area contributed by atoms with Crippen molar-refractivity contribution in [2.24, 2.45) is 5.92 Å². The number of amides is 3. The minimum atomic E-state index is -0.624. The molecule has 1 fully saturated rings. The Morgan fingerprint density at radius 1 is 0.974 bits per heavy atom. The summed E-state index contributed by atoms with van der Waals surface area (Å²) in [5.74, 6) is 0.0799. The van der Waals surface area contributed by atoms with Crippen molar-refractivity contribution >= 4 is 29.3 Å². The Kier molecular flexibility index (Phi) is 11.7. The molecule has 10 heteroatoms. The molecule has 0 aliphatic carbocycles. The number of morpholine rings is 1. The first-order valence-corrected chi connectivity index (χ1v) is 14.1. The second-order valence-corrected chi connectivity index (χ2v) is 11.0. The van der Waals surface area contributed by atoms with Gasteiger partial charge >= 0.3 is 0 Å². The molecule has 2 heterocycles. The third-order valence-corrected chi connectivity index (χ3v) is 7.47. The summed E-state index contributed by atoms with van der Waals surface area (Å²) < 4.78 is 11.4. The van der Waals surface area contributed by atoms with Crippen molar-refractivity contribution in [2.45, 2.75) is 45.6 Å². The first kappa shape index (κ1) is 30.2. The molecule has 0 spiro atoms. The number of halogens is 1. The van der Waals surface area contributed by atoms with Gasteiger partial charge in [-0.25, -0.2) is 0 Å². The van der Waals surface area contributed by atoms with Gasteiger partial charge in [0.25, 0.3) is 5.91 Å². The molecule has 9 nitrogen and oxygen atoms in total. The Morgan fingerprint density at radius 3 is 2.32 bits per heavy atom. The Labute approximate surface area is 232 Å². The van der Waals surface area contributed by atoms with Crippen molar-refractivity contribution in [1.82, 2.24) is 19.6 Å². The minimum Gasteiger partial charge on any atom is -0.493 e. The van der Waals surface area contributed by atoms with Crippen LogP contribution in [0.25, 0.3) is 0 Å². The highest BCUT2D eigenvalue weighted by Crippen LogP contribution is 2.26. The van der Waals surface area contributed by atoms with Gasteiger partial charge in [0, 0.05) is 51.8 Å². The second-order valence-electron chi connectivity index (χ2n) is 10.5. The van der Waals surface area contributed by atoms with Gasteiger partial charge < -0.3 is 24.2 Å². The highest BCUT2D eigenvalue weighted by Gasteiger charge is 2.33. The van der Waals surface area contributed by atoms with E-state index in [9.17, 15) is 14.4 Å². The van der Waals surface area contributed by atoms with Crippen molar-refractivity contribution in [3.63, 3.8) is 0 Å². The number of hydrogen-bond donors (Lipinski definition) is 0. The normalized spacial score (nSPS) is 21.7. The van der Waals surface area contributed by atoms with Gasteiger partial charge in [0.1, 0.15) is 11.8 Å². The fourth-order valence-electron chi connectivity index (χ4n) is 5.00. The van der Waals surface area contributed by atoms with Gasteiger partial charge in [-0.1, -0.05) is 25.4 Å². The summed E-state index contributed by atoms with van der Waals surface area (Å²) in [7, 11) is 3.44. The van der Waals surface area contributed by atoms with Crippen LogP contribution >= 0.6 is 11.6 Å². The molecule has 212 valence electrons. The largest absolute Gasteiger partial charge is 0.493 e. The first-order valence-electron chi connectivity index (χ1n) is 13.7. The molecule has 1 aromatic carbocycles. The van der Waals surface area contributed by atoms with E-state index < -0.39 is 6.04 Å². The zero-order chi connectivity index (χ0) is 27.7. The Bertz CT molecular complexity index is 953. The third-order valence-electron chi connectivity index (χ3n) is 7.24. The second kappa shape index (κ2) is 14.7. The lowest BCUT2D eigenvalue weighted by Crippen LogP contribution is -2.51. The Morgan fingerprint density at radius 2 is 1.63 bits per heavy atom. The minimum absolute atomic E-state index is 0.0853. The molecule has 0 aromatic heterocycles. The maximum atomic E-state index is 13.5. The lowest BCUT2D eigenvalue weighted by atomic mass is 10.00. The van der Waals surface area contributed by atoms with Crippen molar-refractivity contribution in [3.8, 4) is 5.75 Å². The summed E-state index contributed by atoms with van der Waals surface area (Å²) in [6.07, 6.45) is 3.10. The molecule has 3 rings (SSSR count).